The van der Waals surface area contributed by atoms with Crippen molar-refractivity contribution < 1.29 is 14.3 Å². The van der Waals surface area contributed by atoms with Crippen LogP contribution in [0.4, 0.5) is 5.69 Å². The molecule has 0 radical (unpaired) electrons. The number of amides is 2. The van der Waals surface area contributed by atoms with Gasteiger partial charge in [-0.05, 0) is 97.3 Å². The first kappa shape index (κ1) is 24.8. The van der Waals surface area contributed by atoms with E-state index in [1.807, 2.05) is 20.8 Å². The fourth-order valence-corrected chi connectivity index (χ4v) is 3.17. The first-order chi connectivity index (χ1) is 14.4. The van der Waals surface area contributed by atoms with E-state index in [2.05, 4.69) is 45.7 Å². The number of carbonyl (C=O) groups excluding carboxylic acids is 2. The van der Waals surface area contributed by atoms with Crippen molar-refractivity contribution in [2.45, 2.75) is 40.2 Å². The van der Waals surface area contributed by atoms with Crippen molar-refractivity contribution in [2.24, 2.45) is 5.92 Å². The van der Waals surface area contributed by atoms with Crippen LogP contribution in [0.1, 0.15) is 55.3 Å². The molecule has 166 valence electrons. The van der Waals surface area contributed by atoms with Gasteiger partial charge in [-0.3, -0.25) is 14.9 Å². The van der Waals surface area contributed by atoms with E-state index < -0.39 is 0 Å². The molecular weight excluding hydrogens is 478 g/mol. The van der Waals surface area contributed by atoms with Crippen molar-refractivity contribution in [3.05, 3.63) is 58.1 Å². The normalized spacial score (nSPS) is 11.1. The van der Waals surface area contributed by atoms with Crippen molar-refractivity contribution in [3.63, 3.8) is 0 Å². The third kappa shape index (κ3) is 8.30. The van der Waals surface area contributed by atoms with E-state index in [1.165, 1.54) is 0 Å². The van der Waals surface area contributed by atoms with Crippen LogP contribution in [-0.4, -0.2) is 29.1 Å². The topological polar surface area (TPSA) is 79.5 Å². The summed E-state index contributed by atoms with van der Waals surface area (Å²) in [5.74, 6) is 0.595. The summed E-state index contributed by atoms with van der Waals surface area (Å²) in [6.07, 6.45) is 0. The second kappa shape index (κ2) is 10.7. The van der Waals surface area contributed by atoms with Crippen LogP contribution >= 0.6 is 28.1 Å². The Morgan fingerprint density at radius 1 is 1.03 bits per heavy atom. The van der Waals surface area contributed by atoms with Gasteiger partial charge >= 0.3 is 0 Å². The number of halogens is 1. The van der Waals surface area contributed by atoms with Crippen molar-refractivity contribution in [1.82, 2.24) is 10.6 Å². The highest BCUT2D eigenvalue weighted by molar-refractivity contribution is 9.10. The first-order valence-electron chi connectivity index (χ1n) is 9.92. The first-order valence-corrected chi connectivity index (χ1v) is 11.1. The van der Waals surface area contributed by atoms with Crippen LogP contribution < -0.4 is 20.7 Å². The zero-order chi connectivity index (χ0) is 23.2. The maximum atomic E-state index is 12.5. The molecule has 0 atom stereocenters. The Morgan fingerprint density at radius 3 is 2.19 bits per heavy atom. The minimum absolute atomic E-state index is 0.152. The zero-order valence-electron chi connectivity index (χ0n) is 18.3. The maximum absolute atomic E-state index is 12.5. The predicted octanol–water partition coefficient (Wildman–Crippen LogP) is 5.14. The van der Waals surface area contributed by atoms with Crippen LogP contribution in [-0.2, 0) is 0 Å². The fraction of sp³-hybridized carbons (Fsp3) is 0.348. The maximum Gasteiger partial charge on any atom is 0.257 e. The van der Waals surface area contributed by atoms with Crippen LogP contribution in [0, 0.1) is 5.92 Å². The zero-order valence-corrected chi connectivity index (χ0v) is 20.7. The minimum atomic E-state index is -0.338. The van der Waals surface area contributed by atoms with Gasteiger partial charge in [-0.1, -0.05) is 13.8 Å². The summed E-state index contributed by atoms with van der Waals surface area (Å²) in [4.78, 5) is 24.7. The Bertz CT molecular complexity index is 954. The number of nitrogens with one attached hydrogen (secondary N) is 3. The summed E-state index contributed by atoms with van der Waals surface area (Å²) >= 11 is 8.67. The average molecular weight is 506 g/mol. The lowest BCUT2D eigenvalue weighted by Gasteiger charge is -2.20. The summed E-state index contributed by atoms with van der Waals surface area (Å²) in [5, 5.41) is 8.66. The molecular formula is C23H28BrN3O3S. The van der Waals surface area contributed by atoms with Crippen LogP contribution in [0.15, 0.2) is 46.9 Å². The van der Waals surface area contributed by atoms with Crippen LogP contribution in [0.5, 0.6) is 5.75 Å². The highest BCUT2D eigenvalue weighted by Gasteiger charge is 2.15. The van der Waals surface area contributed by atoms with Crippen molar-refractivity contribution in [3.8, 4) is 5.75 Å². The minimum Gasteiger partial charge on any atom is -0.492 e. The van der Waals surface area contributed by atoms with E-state index >= 15 is 0 Å². The molecule has 0 aliphatic rings. The third-order valence-electron chi connectivity index (χ3n) is 3.89. The van der Waals surface area contributed by atoms with Gasteiger partial charge in [0.15, 0.2) is 5.11 Å². The average Bonchev–Trinajstić information content (AvgIpc) is 2.65. The standard InChI is InChI=1S/C23H28BrN3O3S/c1-14(2)13-30-19-11-8-16(12-18(19)24)20(28)26-22(31)25-17-9-6-15(7-10-17)21(29)27-23(3,4)5/h6-12,14H,13H2,1-5H3,(H,27,29)(H2,25,26,28,31). The van der Waals surface area contributed by atoms with Gasteiger partial charge in [0.1, 0.15) is 5.75 Å². The summed E-state index contributed by atoms with van der Waals surface area (Å²) in [5.41, 5.74) is 1.34. The molecule has 0 saturated carbocycles. The molecule has 0 aromatic heterocycles. The molecule has 0 bridgehead atoms. The molecule has 0 unspecified atom stereocenters. The predicted molar refractivity (Wildman–Crippen MR) is 132 cm³/mol. The van der Waals surface area contributed by atoms with Crippen LogP contribution in [0.3, 0.4) is 0 Å². The van der Waals surface area contributed by atoms with Crippen LogP contribution in [0.2, 0.25) is 0 Å². The van der Waals surface area contributed by atoms with E-state index in [1.54, 1.807) is 42.5 Å². The number of hydrogen-bond acceptors (Lipinski definition) is 4. The molecule has 0 spiro atoms. The highest BCUT2D eigenvalue weighted by Crippen LogP contribution is 2.26. The van der Waals surface area contributed by atoms with Gasteiger partial charge < -0.3 is 15.4 Å². The lowest BCUT2D eigenvalue weighted by Crippen LogP contribution is -2.40. The quantitative estimate of drug-likeness (QED) is 0.473. The Morgan fingerprint density at radius 2 is 1.65 bits per heavy atom. The molecule has 0 saturated heterocycles. The largest absolute Gasteiger partial charge is 0.492 e. The second-order valence-electron chi connectivity index (χ2n) is 8.54. The van der Waals surface area contributed by atoms with Gasteiger partial charge in [0.25, 0.3) is 11.8 Å². The van der Waals surface area contributed by atoms with E-state index in [-0.39, 0.29) is 22.5 Å². The molecule has 8 heteroatoms. The summed E-state index contributed by atoms with van der Waals surface area (Å²) in [7, 11) is 0. The Balaban J connectivity index is 1.94. The molecule has 0 fully saturated rings. The number of carbonyl (C=O) groups is 2. The van der Waals surface area contributed by atoms with Gasteiger partial charge in [0.05, 0.1) is 11.1 Å². The molecule has 2 rings (SSSR count). The van der Waals surface area contributed by atoms with Crippen molar-refractivity contribution >= 4 is 50.8 Å². The molecule has 2 amide bonds. The molecule has 2 aromatic rings. The summed E-state index contributed by atoms with van der Waals surface area (Å²) in [6.45, 7) is 10.5. The number of anilines is 1. The SMILES string of the molecule is CC(C)COc1ccc(C(=O)NC(=S)Nc2ccc(C(=O)NC(C)(C)C)cc2)cc1Br. The highest BCUT2D eigenvalue weighted by atomic mass is 79.9. The number of hydrogen-bond donors (Lipinski definition) is 3. The van der Waals surface area contributed by atoms with Crippen molar-refractivity contribution in [2.75, 3.05) is 11.9 Å². The van der Waals surface area contributed by atoms with E-state index in [4.69, 9.17) is 17.0 Å². The van der Waals surface area contributed by atoms with Gasteiger partial charge in [-0.2, -0.15) is 0 Å². The summed E-state index contributed by atoms with van der Waals surface area (Å²) < 4.78 is 6.40. The number of benzene rings is 2. The van der Waals surface area contributed by atoms with E-state index in [0.717, 1.165) is 0 Å². The van der Waals surface area contributed by atoms with Gasteiger partial charge in [-0.15, -0.1) is 0 Å². The van der Waals surface area contributed by atoms with Crippen molar-refractivity contribution in [1.29, 1.82) is 0 Å². The summed E-state index contributed by atoms with van der Waals surface area (Å²) in [6, 6.07) is 12.0. The van der Waals surface area contributed by atoms with Crippen LogP contribution in [0.25, 0.3) is 0 Å². The number of thiocarbonyl (C=S) groups is 1. The number of rotatable bonds is 6. The third-order valence-corrected chi connectivity index (χ3v) is 4.71. The molecule has 0 heterocycles. The fourth-order valence-electron chi connectivity index (χ4n) is 2.47. The Hall–Kier alpha value is -2.45. The Kier molecular flexibility index (Phi) is 8.59. The van der Waals surface area contributed by atoms with Gasteiger partial charge in [-0.25, -0.2) is 0 Å². The van der Waals surface area contributed by atoms with E-state index in [9.17, 15) is 9.59 Å². The Labute approximate surface area is 197 Å². The lowest BCUT2D eigenvalue weighted by molar-refractivity contribution is 0.0918. The van der Waals surface area contributed by atoms with Gasteiger partial charge in [0, 0.05) is 22.4 Å². The smallest absolute Gasteiger partial charge is 0.257 e. The molecule has 31 heavy (non-hydrogen) atoms. The lowest BCUT2D eigenvalue weighted by atomic mass is 10.1. The molecule has 0 aliphatic carbocycles. The molecule has 3 N–H and O–H groups in total. The van der Waals surface area contributed by atoms with Gasteiger partial charge in [0.2, 0.25) is 0 Å². The monoisotopic (exact) mass is 505 g/mol. The van der Waals surface area contributed by atoms with E-state index in [0.29, 0.717) is 39.6 Å². The second-order valence-corrected chi connectivity index (χ2v) is 9.80. The molecule has 0 aliphatic heterocycles. The molecule has 2 aromatic carbocycles. The number of ether oxygens (including phenoxy) is 1. The molecule has 6 nitrogen and oxygen atoms in total.